The highest BCUT2D eigenvalue weighted by atomic mass is 19.4. The van der Waals surface area contributed by atoms with Gasteiger partial charge in [0.05, 0.1) is 7.11 Å². The SMILES string of the molecule is COc1c(F)cccc1OC(F)(F)F. The molecule has 0 aliphatic rings. The molecule has 0 heterocycles. The van der Waals surface area contributed by atoms with Gasteiger partial charge in [0.15, 0.2) is 17.3 Å². The molecule has 1 aromatic carbocycles. The smallest absolute Gasteiger partial charge is 0.490 e. The molecule has 0 spiro atoms. The van der Waals surface area contributed by atoms with Gasteiger partial charge >= 0.3 is 6.36 Å². The van der Waals surface area contributed by atoms with Crippen LogP contribution in [0.5, 0.6) is 11.5 Å². The first kappa shape index (κ1) is 10.6. The van der Waals surface area contributed by atoms with E-state index in [4.69, 9.17) is 0 Å². The summed E-state index contributed by atoms with van der Waals surface area (Å²) in [6.07, 6.45) is -4.86. The molecule has 6 heteroatoms. The maximum Gasteiger partial charge on any atom is 0.573 e. The number of alkyl halides is 3. The zero-order valence-corrected chi connectivity index (χ0v) is 7.06. The van der Waals surface area contributed by atoms with Crippen LogP contribution in [-0.4, -0.2) is 13.5 Å². The Morgan fingerprint density at radius 2 is 1.86 bits per heavy atom. The van der Waals surface area contributed by atoms with Crippen LogP contribution in [0.3, 0.4) is 0 Å². The molecule has 0 unspecified atom stereocenters. The van der Waals surface area contributed by atoms with Crippen LogP contribution in [0.4, 0.5) is 17.6 Å². The quantitative estimate of drug-likeness (QED) is 0.698. The predicted molar refractivity (Wildman–Crippen MR) is 39.6 cm³/mol. The highest BCUT2D eigenvalue weighted by Crippen LogP contribution is 2.33. The van der Waals surface area contributed by atoms with Crippen LogP contribution in [-0.2, 0) is 0 Å². The van der Waals surface area contributed by atoms with Crippen molar-refractivity contribution in [3.63, 3.8) is 0 Å². The van der Waals surface area contributed by atoms with Crippen LogP contribution in [0.25, 0.3) is 0 Å². The maximum atomic E-state index is 12.9. The van der Waals surface area contributed by atoms with Crippen molar-refractivity contribution in [1.82, 2.24) is 0 Å². The first-order valence-electron chi connectivity index (χ1n) is 3.52. The molecule has 0 amide bonds. The number of rotatable bonds is 2. The molecule has 0 saturated heterocycles. The van der Waals surface area contributed by atoms with Crippen molar-refractivity contribution < 1.29 is 27.0 Å². The lowest BCUT2D eigenvalue weighted by molar-refractivity contribution is -0.275. The van der Waals surface area contributed by atoms with Crippen molar-refractivity contribution >= 4 is 0 Å². The largest absolute Gasteiger partial charge is 0.573 e. The topological polar surface area (TPSA) is 18.5 Å². The summed E-state index contributed by atoms with van der Waals surface area (Å²) in [5.41, 5.74) is 0. The van der Waals surface area contributed by atoms with E-state index in [0.717, 1.165) is 25.3 Å². The molecule has 0 atom stereocenters. The summed E-state index contributed by atoms with van der Waals surface area (Å²) in [5.74, 6) is -2.17. The molecule has 2 nitrogen and oxygen atoms in total. The third kappa shape index (κ3) is 2.51. The molecular weight excluding hydrogens is 204 g/mol. The normalized spacial score (nSPS) is 11.2. The predicted octanol–water partition coefficient (Wildman–Crippen LogP) is 2.73. The van der Waals surface area contributed by atoms with Crippen molar-refractivity contribution in [2.75, 3.05) is 7.11 Å². The zero-order valence-electron chi connectivity index (χ0n) is 7.06. The van der Waals surface area contributed by atoms with Gasteiger partial charge in [0.1, 0.15) is 0 Å². The van der Waals surface area contributed by atoms with Gasteiger partial charge in [-0.1, -0.05) is 6.07 Å². The monoisotopic (exact) mass is 210 g/mol. The number of benzene rings is 1. The van der Waals surface area contributed by atoms with Gasteiger partial charge in [-0.3, -0.25) is 0 Å². The molecule has 0 bridgehead atoms. The van der Waals surface area contributed by atoms with Crippen LogP contribution < -0.4 is 9.47 Å². The molecule has 0 aliphatic heterocycles. The molecule has 0 aromatic heterocycles. The van der Waals surface area contributed by atoms with Crippen molar-refractivity contribution in [3.05, 3.63) is 24.0 Å². The summed E-state index contributed by atoms with van der Waals surface area (Å²) in [6.45, 7) is 0. The lowest BCUT2D eigenvalue weighted by Gasteiger charge is -2.12. The van der Waals surface area contributed by atoms with Crippen LogP contribution in [0.15, 0.2) is 18.2 Å². The third-order valence-corrected chi connectivity index (χ3v) is 1.36. The molecule has 0 aliphatic carbocycles. The van der Waals surface area contributed by atoms with Crippen molar-refractivity contribution in [2.45, 2.75) is 6.36 Å². The third-order valence-electron chi connectivity index (χ3n) is 1.36. The second-order valence-electron chi connectivity index (χ2n) is 2.32. The Labute approximate surface area is 77.1 Å². The fourth-order valence-electron chi connectivity index (χ4n) is 0.892. The summed E-state index contributed by atoms with van der Waals surface area (Å²) in [7, 11) is 1.06. The van der Waals surface area contributed by atoms with Gasteiger partial charge in [0.2, 0.25) is 0 Å². The van der Waals surface area contributed by atoms with E-state index >= 15 is 0 Å². The number of para-hydroxylation sites is 1. The van der Waals surface area contributed by atoms with Crippen molar-refractivity contribution in [2.24, 2.45) is 0 Å². The summed E-state index contributed by atoms with van der Waals surface area (Å²) in [5, 5.41) is 0. The van der Waals surface area contributed by atoms with E-state index in [1.165, 1.54) is 0 Å². The first-order valence-corrected chi connectivity index (χ1v) is 3.52. The van der Waals surface area contributed by atoms with Crippen molar-refractivity contribution in [3.8, 4) is 11.5 Å². The fourth-order valence-corrected chi connectivity index (χ4v) is 0.892. The molecule has 0 fully saturated rings. The Bertz CT molecular complexity index is 322. The summed E-state index contributed by atoms with van der Waals surface area (Å²) >= 11 is 0. The zero-order chi connectivity index (χ0) is 10.8. The summed E-state index contributed by atoms with van der Waals surface area (Å²) < 4.78 is 56.2. The Morgan fingerprint density at radius 1 is 1.21 bits per heavy atom. The molecule has 1 rings (SSSR count). The van der Waals surface area contributed by atoms with Crippen molar-refractivity contribution in [1.29, 1.82) is 0 Å². The van der Waals surface area contributed by atoms with E-state index in [1.54, 1.807) is 0 Å². The van der Waals surface area contributed by atoms with Crippen LogP contribution in [0.2, 0.25) is 0 Å². The molecular formula is C8H6F4O2. The van der Waals surface area contributed by atoms with E-state index in [9.17, 15) is 17.6 Å². The minimum absolute atomic E-state index is 0.565. The second-order valence-corrected chi connectivity index (χ2v) is 2.32. The molecule has 78 valence electrons. The maximum absolute atomic E-state index is 12.9. The van der Waals surface area contributed by atoms with E-state index in [1.807, 2.05) is 0 Å². The number of hydrogen-bond acceptors (Lipinski definition) is 2. The Kier molecular flexibility index (Phi) is 2.83. The Hall–Kier alpha value is -1.46. The molecule has 1 aromatic rings. The van der Waals surface area contributed by atoms with Crippen LogP contribution >= 0.6 is 0 Å². The lowest BCUT2D eigenvalue weighted by Crippen LogP contribution is -2.17. The average Bonchev–Trinajstić information content (AvgIpc) is 2.01. The average molecular weight is 210 g/mol. The van der Waals surface area contributed by atoms with E-state index in [2.05, 4.69) is 9.47 Å². The molecule has 0 N–H and O–H groups in total. The van der Waals surface area contributed by atoms with E-state index < -0.39 is 23.7 Å². The fraction of sp³-hybridized carbons (Fsp3) is 0.250. The number of hydrogen-bond donors (Lipinski definition) is 0. The van der Waals surface area contributed by atoms with E-state index in [-0.39, 0.29) is 0 Å². The van der Waals surface area contributed by atoms with Gasteiger partial charge in [-0.25, -0.2) is 4.39 Å². The minimum atomic E-state index is -4.86. The van der Waals surface area contributed by atoms with E-state index in [0.29, 0.717) is 0 Å². The highest BCUT2D eigenvalue weighted by Gasteiger charge is 2.32. The van der Waals surface area contributed by atoms with Crippen LogP contribution in [0.1, 0.15) is 0 Å². The second kappa shape index (κ2) is 3.73. The van der Waals surface area contributed by atoms with Gasteiger partial charge in [0, 0.05) is 0 Å². The number of ether oxygens (including phenoxy) is 2. The van der Waals surface area contributed by atoms with Gasteiger partial charge in [-0.15, -0.1) is 13.2 Å². The lowest BCUT2D eigenvalue weighted by atomic mass is 10.3. The summed E-state index contributed by atoms with van der Waals surface area (Å²) in [6, 6.07) is 3.04. The number of methoxy groups -OCH3 is 1. The van der Waals surface area contributed by atoms with Gasteiger partial charge < -0.3 is 9.47 Å². The molecule has 14 heavy (non-hydrogen) atoms. The first-order chi connectivity index (χ1) is 6.44. The van der Waals surface area contributed by atoms with Gasteiger partial charge in [0.25, 0.3) is 0 Å². The van der Waals surface area contributed by atoms with Gasteiger partial charge in [-0.05, 0) is 12.1 Å². The standard InChI is InChI=1S/C8H6F4O2/c1-13-7-5(9)3-2-4-6(7)14-8(10,11)12/h2-4H,1H3. The van der Waals surface area contributed by atoms with Crippen LogP contribution in [0, 0.1) is 5.82 Å². The Balaban J connectivity index is 3.02. The minimum Gasteiger partial charge on any atom is -0.490 e. The van der Waals surface area contributed by atoms with Gasteiger partial charge in [-0.2, -0.15) is 0 Å². The molecule has 0 radical (unpaired) electrons. The highest BCUT2D eigenvalue weighted by molar-refractivity contribution is 5.40. The summed E-state index contributed by atoms with van der Waals surface area (Å²) in [4.78, 5) is 0. The Morgan fingerprint density at radius 3 is 2.36 bits per heavy atom. The molecule has 0 saturated carbocycles. The number of halogens is 4.